The second-order valence-corrected chi connectivity index (χ2v) is 6.67. The van der Waals surface area contributed by atoms with Crippen LogP contribution in [0.3, 0.4) is 0 Å². The minimum atomic E-state index is -0.348. The van der Waals surface area contributed by atoms with Crippen LogP contribution in [0.2, 0.25) is 0 Å². The molecule has 4 nitrogen and oxygen atoms in total. The highest BCUT2D eigenvalue weighted by molar-refractivity contribution is 5.85. The van der Waals surface area contributed by atoms with E-state index in [-0.39, 0.29) is 36.8 Å². The number of halogens is 2. The fraction of sp³-hybridized carbons (Fsp3) is 0.526. The van der Waals surface area contributed by atoms with Gasteiger partial charge in [-0.3, -0.25) is 9.69 Å². The van der Waals surface area contributed by atoms with Crippen molar-refractivity contribution in [2.75, 3.05) is 32.7 Å². The Morgan fingerprint density at radius 1 is 1.12 bits per heavy atom. The van der Waals surface area contributed by atoms with Crippen LogP contribution < -0.4 is 5.73 Å². The molecule has 0 unspecified atom stereocenters. The zero-order chi connectivity index (χ0) is 16.7. The summed E-state index contributed by atoms with van der Waals surface area (Å²) in [5.74, 6) is 0.566. The van der Waals surface area contributed by atoms with Crippen molar-refractivity contribution in [2.45, 2.75) is 26.3 Å². The third-order valence-corrected chi connectivity index (χ3v) is 4.20. The third-order valence-electron chi connectivity index (χ3n) is 4.20. The smallest absolute Gasteiger partial charge is 0.239 e. The summed E-state index contributed by atoms with van der Waals surface area (Å²) in [5, 5.41) is 0. The molecule has 1 amide bonds. The molecule has 142 valence electrons. The average molecular weight is 388 g/mol. The molecule has 1 saturated heterocycles. The van der Waals surface area contributed by atoms with E-state index in [1.54, 1.807) is 0 Å². The summed E-state index contributed by atoms with van der Waals surface area (Å²) in [6.45, 7) is 8.52. The molecule has 1 atom stereocenters. The van der Waals surface area contributed by atoms with Crippen molar-refractivity contribution in [1.82, 2.24) is 9.80 Å². The van der Waals surface area contributed by atoms with Crippen molar-refractivity contribution in [2.24, 2.45) is 11.7 Å². The van der Waals surface area contributed by atoms with Gasteiger partial charge in [-0.25, -0.2) is 0 Å². The van der Waals surface area contributed by atoms with Crippen LogP contribution in [0.4, 0.5) is 0 Å². The molecule has 1 aliphatic rings. The van der Waals surface area contributed by atoms with Crippen LogP contribution in [0.1, 0.15) is 25.8 Å². The van der Waals surface area contributed by atoms with Gasteiger partial charge >= 0.3 is 0 Å². The van der Waals surface area contributed by atoms with Gasteiger partial charge in [-0.2, -0.15) is 0 Å². The molecule has 0 bridgehead atoms. The quantitative estimate of drug-likeness (QED) is 0.815. The first-order valence-corrected chi connectivity index (χ1v) is 8.54. The normalized spacial score (nSPS) is 16.4. The van der Waals surface area contributed by atoms with Gasteiger partial charge in [0.15, 0.2) is 0 Å². The summed E-state index contributed by atoms with van der Waals surface area (Å²) in [6.07, 6.45) is 5.10. The van der Waals surface area contributed by atoms with E-state index in [0.29, 0.717) is 5.92 Å². The fourth-order valence-electron chi connectivity index (χ4n) is 2.90. The van der Waals surface area contributed by atoms with Gasteiger partial charge in [-0.05, 0) is 17.9 Å². The van der Waals surface area contributed by atoms with Gasteiger partial charge < -0.3 is 10.6 Å². The van der Waals surface area contributed by atoms with Crippen LogP contribution in [0.15, 0.2) is 36.4 Å². The Balaban J connectivity index is 0.00000288. The highest BCUT2D eigenvalue weighted by Crippen LogP contribution is 2.09. The number of hydrogen-bond acceptors (Lipinski definition) is 3. The average Bonchev–Trinajstić information content (AvgIpc) is 2.55. The molecule has 25 heavy (non-hydrogen) atoms. The summed E-state index contributed by atoms with van der Waals surface area (Å²) in [5.41, 5.74) is 7.24. The van der Waals surface area contributed by atoms with Gasteiger partial charge in [0.1, 0.15) is 0 Å². The fourth-order valence-corrected chi connectivity index (χ4v) is 2.90. The van der Waals surface area contributed by atoms with Gasteiger partial charge in [-0.1, -0.05) is 56.3 Å². The second-order valence-electron chi connectivity index (χ2n) is 6.67. The lowest BCUT2D eigenvalue weighted by Gasteiger charge is -2.35. The summed E-state index contributed by atoms with van der Waals surface area (Å²) >= 11 is 0. The van der Waals surface area contributed by atoms with E-state index in [1.807, 2.05) is 23.1 Å². The summed E-state index contributed by atoms with van der Waals surface area (Å²) in [4.78, 5) is 16.6. The zero-order valence-corrected chi connectivity index (χ0v) is 16.8. The summed E-state index contributed by atoms with van der Waals surface area (Å²) in [6, 6.07) is 9.97. The lowest BCUT2D eigenvalue weighted by Crippen LogP contribution is -2.53. The van der Waals surface area contributed by atoms with Crippen LogP contribution >= 0.6 is 24.8 Å². The number of nitrogens with zero attached hydrogens (tertiary/aromatic N) is 2. The molecule has 0 aliphatic carbocycles. The van der Waals surface area contributed by atoms with Crippen molar-refractivity contribution in [3.8, 4) is 0 Å². The van der Waals surface area contributed by atoms with Crippen LogP contribution in [0.25, 0.3) is 6.08 Å². The second kappa shape index (κ2) is 12.3. The first kappa shape index (κ1) is 23.9. The Bertz CT molecular complexity index is 515. The van der Waals surface area contributed by atoms with Crippen LogP contribution in [0.5, 0.6) is 0 Å². The molecular formula is C19H31Cl2N3O. The van der Waals surface area contributed by atoms with Crippen molar-refractivity contribution in [1.29, 1.82) is 0 Å². The highest BCUT2D eigenvalue weighted by Gasteiger charge is 2.25. The number of nitrogens with two attached hydrogens (primary N) is 1. The molecule has 1 aliphatic heterocycles. The number of benzene rings is 1. The Morgan fingerprint density at radius 3 is 2.28 bits per heavy atom. The van der Waals surface area contributed by atoms with Crippen LogP contribution in [-0.2, 0) is 4.79 Å². The minimum Gasteiger partial charge on any atom is -0.339 e. The molecule has 0 saturated carbocycles. The number of amides is 1. The van der Waals surface area contributed by atoms with E-state index < -0.39 is 0 Å². The van der Waals surface area contributed by atoms with Crippen molar-refractivity contribution < 1.29 is 4.79 Å². The van der Waals surface area contributed by atoms with Gasteiger partial charge in [-0.15, -0.1) is 24.8 Å². The van der Waals surface area contributed by atoms with Crippen molar-refractivity contribution in [3.05, 3.63) is 42.0 Å². The third kappa shape index (κ3) is 8.23. The Kier molecular flexibility index (Phi) is 11.8. The molecule has 2 N–H and O–H groups in total. The number of carbonyl (C=O) groups excluding carboxylic acids is 1. The van der Waals surface area contributed by atoms with Gasteiger partial charge in [0.25, 0.3) is 0 Å². The molecule has 6 heteroatoms. The molecule has 1 heterocycles. The Labute approximate surface area is 164 Å². The zero-order valence-electron chi connectivity index (χ0n) is 15.1. The molecule has 1 aromatic carbocycles. The number of piperazine rings is 1. The van der Waals surface area contributed by atoms with E-state index in [1.165, 1.54) is 5.56 Å². The van der Waals surface area contributed by atoms with Crippen LogP contribution in [-0.4, -0.2) is 54.5 Å². The SMILES string of the molecule is CC(C)C[C@@H](N)C(=O)N1CCN(C/C=C/c2ccccc2)CC1.Cl.Cl. The van der Waals surface area contributed by atoms with Gasteiger partial charge in [0, 0.05) is 32.7 Å². The maximum Gasteiger partial charge on any atom is 0.239 e. The van der Waals surface area contributed by atoms with Gasteiger partial charge in [0.2, 0.25) is 5.91 Å². The summed E-state index contributed by atoms with van der Waals surface area (Å²) < 4.78 is 0. The maximum atomic E-state index is 12.3. The molecule has 0 radical (unpaired) electrons. The van der Waals surface area contributed by atoms with E-state index >= 15 is 0 Å². The van der Waals surface area contributed by atoms with E-state index in [0.717, 1.165) is 39.1 Å². The molecule has 2 rings (SSSR count). The highest BCUT2D eigenvalue weighted by atomic mass is 35.5. The number of hydrogen-bond donors (Lipinski definition) is 1. The predicted octanol–water partition coefficient (Wildman–Crippen LogP) is 3.06. The molecular weight excluding hydrogens is 357 g/mol. The van der Waals surface area contributed by atoms with Crippen LogP contribution in [0, 0.1) is 5.92 Å². The van der Waals surface area contributed by atoms with E-state index in [2.05, 4.69) is 43.0 Å². The predicted molar refractivity (Wildman–Crippen MR) is 110 cm³/mol. The Hall–Kier alpha value is -1.07. The van der Waals surface area contributed by atoms with Crippen molar-refractivity contribution in [3.63, 3.8) is 0 Å². The monoisotopic (exact) mass is 387 g/mol. The maximum absolute atomic E-state index is 12.3. The largest absolute Gasteiger partial charge is 0.339 e. The van der Waals surface area contributed by atoms with Gasteiger partial charge in [0.05, 0.1) is 6.04 Å². The summed E-state index contributed by atoms with van der Waals surface area (Å²) in [7, 11) is 0. The van der Waals surface area contributed by atoms with E-state index in [4.69, 9.17) is 5.73 Å². The standard InChI is InChI=1S/C19H29N3O.2ClH/c1-16(2)15-18(20)19(23)22-13-11-21(12-14-22)10-6-9-17-7-4-3-5-8-17;;/h3-9,16,18H,10-15,20H2,1-2H3;2*1H/b9-6+;;/t18-;;/m1../s1. The van der Waals surface area contributed by atoms with E-state index in [9.17, 15) is 4.79 Å². The number of carbonyl (C=O) groups is 1. The molecule has 1 fully saturated rings. The topological polar surface area (TPSA) is 49.6 Å². The number of rotatable bonds is 6. The lowest BCUT2D eigenvalue weighted by atomic mass is 10.0. The lowest BCUT2D eigenvalue weighted by molar-refractivity contribution is -0.134. The first-order chi connectivity index (χ1) is 11.1. The minimum absolute atomic E-state index is 0. The molecule has 0 spiro atoms. The molecule has 0 aromatic heterocycles. The Morgan fingerprint density at radius 2 is 1.72 bits per heavy atom. The van der Waals surface area contributed by atoms with Crippen molar-refractivity contribution >= 4 is 36.8 Å². The first-order valence-electron chi connectivity index (χ1n) is 8.54. The molecule has 1 aromatic rings.